The monoisotopic (exact) mass is 294 g/mol. The van der Waals surface area contributed by atoms with Crippen molar-refractivity contribution in [2.45, 2.75) is 31.7 Å². The first kappa shape index (κ1) is 15.0. The summed E-state index contributed by atoms with van der Waals surface area (Å²) in [6, 6.07) is 1.14. The molecule has 114 valence electrons. The Hall–Kier alpha value is -2.38. The van der Waals surface area contributed by atoms with E-state index < -0.39 is 17.9 Å². The standard InChI is InChI=1S/C13H18N4O4/c1-16-11(6-7-14-16)17-8-2-3-9(13(17)21)15-10(18)4-5-12(19)20/h6-7,9H,2-5,8H2,1H3,(H,15,18)(H,19,20). The van der Waals surface area contributed by atoms with Gasteiger partial charge < -0.3 is 10.4 Å². The van der Waals surface area contributed by atoms with Gasteiger partial charge in [0, 0.05) is 26.1 Å². The maximum Gasteiger partial charge on any atom is 0.303 e. The second-order valence-electron chi connectivity index (χ2n) is 4.96. The second-order valence-corrected chi connectivity index (χ2v) is 4.96. The molecule has 2 heterocycles. The Kier molecular flexibility index (Phi) is 4.56. The fraction of sp³-hybridized carbons (Fsp3) is 0.538. The fourth-order valence-corrected chi connectivity index (χ4v) is 2.36. The number of hydrogen-bond acceptors (Lipinski definition) is 4. The van der Waals surface area contributed by atoms with E-state index in [4.69, 9.17) is 5.11 Å². The smallest absolute Gasteiger partial charge is 0.303 e. The molecule has 0 spiro atoms. The van der Waals surface area contributed by atoms with Crippen LogP contribution in [0.2, 0.25) is 0 Å². The Labute approximate surface area is 121 Å². The fourth-order valence-electron chi connectivity index (χ4n) is 2.36. The van der Waals surface area contributed by atoms with Crippen molar-refractivity contribution in [2.24, 2.45) is 7.05 Å². The van der Waals surface area contributed by atoms with Crippen molar-refractivity contribution in [3.8, 4) is 0 Å². The van der Waals surface area contributed by atoms with Crippen LogP contribution in [0, 0.1) is 0 Å². The number of piperidine rings is 1. The molecule has 2 rings (SSSR count). The highest BCUT2D eigenvalue weighted by molar-refractivity contribution is 5.99. The summed E-state index contributed by atoms with van der Waals surface area (Å²) < 4.78 is 1.60. The Balaban J connectivity index is 1.98. The Morgan fingerprint density at radius 2 is 2.24 bits per heavy atom. The van der Waals surface area contributed by atoms with Gasteiger partial charge in [0.25, 0.3) is 5.91 Å². The van der Waals surface area contributed by atoms with Crippen LogP contribution in [0.4, 0.5) is 5.82 Å². The molecule has 21 heavy (non-hydrogen) atoms. The molecule has 1 unspecified atom stereocenters. The van der Waals surface area contributed by atoms with Crippen molar-refractivity contribution >= 4 is 23.6 Å². The topological polar surface area (TPSA) is 105 Å². The van der Waals surface area contributed by atoms with Crippen molar-refractivity contribution in [1.29, 1.82) is 0 Å². The van der Waals surface area contributed by atoms with Gasteiger partial charge in [-0.2, -0.15) is 5.10 Å². The first-order valence-corrected chi connectivity index (χ1v) is 6.79. The lowest BCUT2D eigenvalue weighted by molar-refractivity contribution is -0.139. The van der Waals surface area contributed by atoms with Gasteiger partial charge >= 0.3 is 5.97 Å². The molecule has 1 aliphatic rings. The maximum absolute atomic E-state index is 12.4. The molecule has 2 amide bonds. The number of hydrogen-bond donors (Lipinski definition) is 2. The van der Waals surface area contributed by atoms with Gasteiger partial charge in [-0.3, -0.25) is 24.0 Å². The van der Waals surface area contributed by atoms with Crippen LogP contribution in [0.3, 0.4) is 0 Å². The van der Waals surface area contributed by atoms with Gasteiger partial charge in [0.1, 0.15) is 11.9 Å². The van der Waals surface area contributed by atoms with Gasteiger partial charge in [0.2, 0.25) is 5.91 Å². The summed E-state index contributed by atoms with van der Waals surface area (Å²) in [5.74, 6) is -0.947. The molecule has 1 aromatic heterocycles. The third-order valence-corrected chi connectivity index (χ3v) is 3.41. The van der Waals surface area contributed by atoms with Gasteiger partial charge in [0.05, 0.1) is 12.6 Å². The summed E-state index contributed by atoms with van der Waals surface area (Å²) in [5, 5.41) is 15.2. The Morgan fingerprint density at radius 3 is 2.86 bits per heavy atom. The van der Waals surface area contributed by atoms with Gasteiger partial charge in [-0.15, -0.1) is 0 Å². The Morgan fingerprint density at radius 1 is 1.48 bits per heavy atom. The van der Waals surface area contributed by atoms with Crippen LogP contribution < -0.4 is 10.2 Å². The molecule has 8 heteroatoms. The number of amides is 2. The molecule has 0 bridgehead atoms. The van der Waals surface area contributed by atoms with E-state index in [1.807, 2.05) is 0 Å². The van der Waals surface area contributed by atoms with Crippen LogP contribution in [-0.4, -0.2) is 45.3 Å². The van der Waals surface area contributed by atoms with Gasteiger partial charge in [-0.1, -0.05) is 0 Å². The highest BCUT2D eigenvalue weighted by Crippen LogP contribution is 2.20. The van der Waals surface area contributed by atoms with Crippen molar-refractivity contribution in [3.63, 3.8) is 0 Å². The van der Waals surface area contributed by atoms with Gasteiger partial charge in [-0.25, -0.2) is 0 Å². The predicted octanol–water partition coefficient (Wildman–Crippen LogP) is -0.104. The van der Waals surface area contributed by atoms with E-state index in [9.17, 15) is 14.4 Å². The average Bonchev–Trinajstić information content (AvgIpc) is 2.85. The van der Waals surface area contributed by atoms with Crippen LogP contribution >= 0.6 is 0 Å². The summed E-state index contributed by atoms with van der Waals surface area (Å²) >= 11 is 0. The lowest BCUT2D eigenvalue weighted by atomic mass is 10.0. The number of anilines is 1. The largest absolute Gasteiger partial charge is 0.481 e. The summed E-state index contributed by atoms with van der Waals surface area (Å²) in [5.41, 5.74) is 0. The van der Waals surface area contributed by atoms with Crippen LogP contribution in [-0.2, 0) is 21.4 Å². The number of nitrogens with one attached hydrogen (secondary N) is 1. The zero-order valence-corrected chi connectivity index (χ0v) is 11.8. The van der Waals surface area contributed by atoms with Crippen molar-refractivity contribution in [3.05, 3.63) is 12.3 Å². The highest BCUT2D eigenvalue weighted by Gasteiger charge is 2.31. The number of aliphatic carboxylic acids is 1. The number of aryl methyl sites for hydroxylation is 1. The zero-order valence-electron chi connectivity index (χ0n) is 11.8. The van der Waals surface area contributed by atoms with Crippen LogP contribution in [0.15, 0.2) is 12.3 Å². The lowest BCUT2D eigenvalue weighted by Crippen LogP contribution is -2.52. The number of rotatable bonds is 5. The van der Waals surface area contributed by atoms with E-state index in [-0.39, 0.29) is 18.7 Å². The third-order valence-electron chi connectivity index (χ3n) is 3.41. The summed E-state index contributed by atoms with van der Waals surface area (Å²) in [7, 11) is 1.75. The molecule has 2 N–H and O–H groups in total. The maximum atomic E-state index is 12.4. The normalized spacial score (nSPS) is 18.6. The molecular formula is C13H18N4O4. The van der Waals surface area contributed by atoms with E-state index in [1.54, 1.807) is 28.9 Å². The first-order valence-electron chi connectivity index (χ1n) is 6.79. The molecule has 0 radical (unpaired) electrons. The van der Waals surface area contributed by atoms with Gasteiger partial charge in [0.15, 0.2) is 0 Å². The van der Waals surface area contributed by atoms with Crippen molar-refractivity contribution in [2.75, 3.05) is 11.4 Å². The lowest BCUT2D eigenvalue weighted by Gasteiger charge is -2.32. The van der Waals surface area contributed by atoms with E-state index in [2.05, 4.69) is 10.4 Å². The number of carboxylic acid groups (broad SMARTS) is 1. The van der Waals surface area contributed by atoms with Gasteiger partial charge in [-0.05, 0) is 12.8 Å². The summed E-state index contributed by atoms with van der Waals surface area (Å²) in [6.45, 7) is 0.583. The molecule has 1 aliphatic heterocycles. The first-order chi connectivity index (χ1) is 9.99. The van der Waals surface area contributed by atoms with E-state index in [1.165, 1.54) is 0 Å². The molecule has 1 fully saturated rings. The minimum atomic E-state index is -1.03. The van der Waals surface area contributed by atoms with Crippen LogP contribution in [0.5, 0.6) is 0 Å². The molecule has 8 nitrogen and oxygen atoms in total. The van der Waals surface area contributed by atoms with E-state index in [0.29, 0.717) is 18.8 Å². The average molecular weight is 294 g/mol. The SMILES string of the molecule is Cn1nccc1N1CCCC(NC(=O)CCC(=O)O)C1=O. The number of carbonyl (C=O) groups excluding carboxylic acids is 2. The molecule has 1 atom stereocenters. The van der Waals surface area contributed by atoms with Crippen LogP contribution in [0.25, 0.3) is 0 Å². The Bertz CT molecular complexity index is 554. The molecular weight excluding hydrogens is 276 g/mol. The predicted molar refractivity (Wildman–Crippen MR) is 73.6 cm³/mol. The molecule has 0 aliphatic carbocycles. The van der Waals surface area contributed by atoms with Crippen molar-refractivity contribution in [1.82, 2.24) is 15.1 Å². The summed E-state index contributed by atoms with van der Waals surface area (Å²) in [4.78, 5) is 36.1. The molecule has 0 aromatic carbocycles. The summed E-state index contributed by atoms with van der Waals surface area (Å²) in [6.07, 6.45) is 2.58. The quantitative estimate of drug-likeness (QED) is 0.789. The molecule has 1 saturated heterocycles. The number of aromatic nitrogens is 2. The van der Waals surface area contributed by atoms with E-state index in [0.717, 1.165) is 6.42 Å². The zero-order chi connectivity index (χ0) is 15.4. The second kappa shape index (κ2) is 6.38. The third kappa shape index (κ3) is 3.59. The number of carbonyl (C=O) groups is 3. The minimum Gasteiger partial charge on any atom is -0.481 e. The molecule has 1 aromatic rings. The highest BCUT2D eigenvalue weighted by atomic mass is 16.4. The number of carboxylic acids is 1. The number of nitrogens with zero attached hydrogens (tertiary/aromatic N) is 3. The van der Waals surface area contributed by atoms with Crippen molar-refractivity contribution < 1.29 is 19.5 Å². The molecule has 0 saturated carbocycles. The van der Waals surface area contributed by atoms with Crippen LogP contribution in [0.1, 0.15) is 25.7 Å². The van der Waals surface area contributed by atoms with E-state index >= 15 is 0 Å². The minimum absolute atomic E-state index is 0.120.